The second-order valence-electron chi connectivity index (χ2n) is 5.25. The molecular weight excluding hydrogens is 401 g/mol. The first-order valence-corrected chi connectivity index (χ1v) is 7.90. The Balaban J connectivity index is 0.00000484. The highest BCUT2D eigenvalue weighted by atomic mass is 127. The first kappa shape index (κ1) is 21.8. The molecule has 2 N–H and O–H groups in total. The lowest BCUT2D eigenvalue weighted by atomic mass is 9.98. The zero-order valence-corrected chi connectivity index (χ0v) is 17.0. The maximum atomic E-state index is 5.19. The van der Waals surface area contributed by atoms with Gasteiger partial charge in [-0.15, -0.1) is 24.0 Å². The Kier molecular flexibility index (Phi) is 12.5. The van der Waals surface area contributed by atoms with Gasteiger partial charge >= 0.3 is 0 Å². The van der Waals surface area contributed by atoms with E-state index in [1.807, 2.05) is 19.1 Å². The molecular formula is C18H30IN3O. The van der Waals surface area contributed by atoms with Crippen molar-refractivity contribution in [2.45, 2.75) is 32.6 Å². The molecule has 1 aromatic carbocycles. The average Bonchev–Trinajstić information content (AvgIpc) is 2.57. The highest BCUT2D eigenvalue weighted by Crippen LogP contribution is 2.21. The Morgan fingerprint density at radius 3 is 2.43 bits per heavy atom. The van der Waals surface area contributed by atoms with Crippen LogP contribution in [0.2, 0.25) is 0 Å². The molecule has 0 saturated heterocycles. The number of ether oxygens (including phenoxy) is 1. The van der Waals surface area contributed by atoms with Gasteiger partial charge in [0.15, 0.2) is 5.96 Å². The summed E-state index contributed by atoms with van der Waals surface area (Å²) in [6.07, 6.45) is 6.28. The molecule has 5 heteroatoms. The number of hydrogen-bond acceptors (Lipinski definition) is 2. The molecule has 0 aliphatic rings. The smallest absolute Gasteiger partial charge is 0.190 e. The van der Waals surface area contributed by atoms with Gasteiger partial charge in [0.25, 0.3) is 0 Å². The molecule has 0 bridgehead atoms. The van der Waals surface area contributed by atoms with E-state index in [4.69, 9.17) is 4.74 Å². The van der Waals surface area contributed by atoms with Gasteiger partial charge in [0.05, 0.1) is 7.11 Å². The summed E-state index contributed by atoms with van der Waals surface area (Å²) in [4.78, 5) is 4.23. The first-order chi connectivity index (χ1) is 10.7. The molecule has 0 aromatic heterocycles. The molecule has 0 radical (unpaired) electrons. The zero-order valence-electron chi connectivity index (χ0n) is 14.6. The molecule has 0 heterocycles. The topological polar surface area (TPSA) is 45.7 Å². The van der Waals surface area contributed by atoms with Crippen LogP contribution in [-0.4, -0.2) is 33.2 Å². The third-order valence-electron chi connectivity index (χ3n) is 3.62. The van der Waals surface area contributed by atoms with Crippen molar-refractivity contribution in [1.29, 1.82) is 0 Å². The van der Waals surface area contributed by atoms with Crippen LogP contribution in [0.5, 0.6) is 5.75 Å². The number of methoxy groups -OCH3 is 1. The molecule has 1 atom stereocenters. The summed E-state index contributed by atoms with van der Waals surface area (Å²) in [6, 6.07) is 8.29. The number of nitrogens with zero attached hydrogens (tertiary/aromatic N) is 1. The third kappa shape index (κ3) is 8.83. The number of guanidine groups is 1. The van der Waals surface area contributed by atoms with E-state index in [2.05, 4.69) is 46.8 Å². The molecule has 0 fully saturated rings. The Bertz CT molecular complexity index is 472. The summed E-state index contributed by atoms with van der Waals surface area (Å²) in [6.45, 7) is 6.08. The van der Waals surface area contributed by atoms with E-state index in [9.17, 15) is 0 Å². The minimum Gasteiger partial charge on any atom is -0.497 e. The number of hydrogen-bond donors (Lipinski definition) is 2. The minimum atomic E-state index is 0. The van der Waals surface area contributed by atoms with Crippen molar-refractivity contribution < 1.29 is 4.74 Å². The molecule has 0 spiro atoms. The van der Waals surface area contributed by atoms with E-state index >= 15 is 0 Å². The van der Waals surface area contributed by atoms with Crippen LogP contribution in [0, 0.1) is 0 Å². The number of nitrogens with one attached hydrogen (secondary N) is 2. The van der Waals surface area contributed by atoms with Gasteiger partial charge < -0.3 is 15.4 Å². The average molecular weight is 431 g/mol. The van der Waals surface area contributed by atoms with Crippen LogP contribution < -0.4 is 15.4 Å². The summed E-state index contributed by atoms with van der Waals surface area (Å²) < 4.78 is 5.19. The normalized spacial score (nSPS) is 12.6. The molecule has 1 rings (SSSR count). The van der Waals surface area contributed by atoms with Crippen LogP contribution in [0.15, 0.2) is 41.4 Å². The van der Waals surface area contributed by atoms with Crippen LogP contribution in [0.25, 0.3) is 0 Å². The minimum absolute atomic E-state index is 0. The van der Waals surface area contributed by atoms with Gasteiger partial charge in [-0.2, -0.15) is 0 Å². The molecule has 4 nitrogen and oxygen atoms in total. The second-order valence-corrected chi connectivity index (χ2v) is 5.25. The van der Waals surface area contributed by atoms with Crippen LogP contribution in [-0.2, 0) is 0 Å². The monoisotopic (exact) mass is 431 g/mol. The molecule has 0 saturated carbocycles. The molecule has 1 aromatic rings. The summed E-state index contributed by atoms with van der Waals surface area (Å²) in [5.74, 6) is 2.27. The highest BCUT2D eigenvalue weighted by molar-refractivity contribution is 14.0. The van der Waals surface area contributed by atoms with Crippen molar-refractivity contribution in [2.75, 3.05) is 27.2 Å². The van der Waals surface area contributed by atoms with Gasteiger partial charge in [0, 0.05) is 20.1 Å². The number of aliphatic imine (C=N–C) groups is 1. The van der Waals surface area contributed by atoms with Crippen LogP contribution in [0.3, 0.4) is 0 Å². The summed E-state index contributed by atoms with van der Waals surface area (Å²) in [5.41, 5.74) is 1.33. The fourth-order valence-electron chi connectivity index (χ4n) is 2.17. The van der Waals surface area contributed by atoms with Gasteiger partial charge in [0.2, 0.25) is 0 Å². The highest BCUT2D eigenvalue weighted by Gasteiger charge is 2.06. The number of rotatable bonds is 8. The second kappa shape index (κ2) is 13.2. The molecule has 23 heavy (non-hydrogen) atoms. The Morgan fingerprint density at radius 1 is 1.22 bits per heavy atom. The SMILES string of the molecule is C/C=C/CCNC(=NC)NCCC(C)c1ccc(OC)cc1.I. The molecule has 1 unspecified atom stereocenters. The van der Waals surface area contributed by atoms with Gasteiger partial charge in [-0.05, 0) is 43.4 Å². The maximum absolute atomic E-state index is 5.19. The lowest BCUT2D eigenvalue weighted by Gasteiger charge is -2.15. The third-order valence-corrected chi connectivity index (χ3v) is 3.62. The van der Waals surface area contributed by atoms with Crippen molar-refractivity contribution >= 4 is 29.9 Å². The fourth-order valence-corrected chi connectivity index (χ4v) is 2.17. The quantitative estimate of drug-likeness (QED) is 0.216. The van der Waals surface area contributed by atoms with E-state index in [-0.39, 0.29) is 24.0 Å². The molecule has 0 aliphatic carbocycles. The predicted molar refractivity (Wildman–Crippen MR) is 110 cm³/mol. The van der Waals surface area contributed by atoms with E-state index in [0.29, 0.717) is 5.92 Å². The predicted octanol–water partition coefficient (Wildman–Crippen LogP) is 3.94. The molecule has 0 aliphatic heterocycles. The Labute approximate surface area is 157 Å². The van der Waals surface area contributed by atoms with Crippen LogP contribution in [0.4, 0.5) is 0 Å². The largest absolute Gasteiger partial charge is 0.497 e. The number of allylic oxidation sites excluding steroid dienone is 1. The summed E-state index contributed by atoms with van der Waals surface area (Å²) in [7, 11) is 3.50. The van der Waals surface area contributed by atoms with Crippen molar-refractivity contribution in [3.63, 3.8) is 0 Å². The van der Waals surface area contributed by atoms with Crippen molar-refractivity contribution in [3.8, 4) is 5.75 Å². The van der Waals surface area contributed by atoms with Gasteiger partial charge in [-0.1, -0.05) is 31.2 Å². The Morgan fingerprint density at radius 2 is 1.87 bits per heavy atom. The van der Waals surface area contributed by atoms with Crippen molar-refractivity contribution in [3.05, 3.63) is 42.0 Å². The summed E-state index contributed by atoms with van der Waals surface area (Å²) >= 11 is 0. The van der Waals surface area contributed by atoms with Crippen LogP contribution in [0.1, 0.15) is 38.2 Å². The van der Waals surface area contributed by atoms with Gasteiger partial charge in [0.1, 0.15) is 5.75 Å². The number of benzene rings is 1. The van der Waals surface area contributed by atoms with E-state index in [1.54, 1.807) is 14.2 Å². The molecule has 0 amide bonds. The lowest BCUT2D eigenvalue weighted by Crippen LogP contribution is -2.38. The van der Waals surface area contributed by atoms with Gasteiger partial charge in [-0.25, -0.2) is 0 Å². The van der Waals surface area contributed by atoms with Crippen molar-refractivity contribution in [2.24, 2.45) is 4.99 Å². The molecule has 130 valence electrons. The number of halogens is 1. The fraction of sp³-hybridized carbons (Fsp3) is 0.500. The van der Waals surface area contributed by atoms with E-state index in [0.717, 1.165) is 37.6 Å². The van der Waals surface area contributed by atoms with Crippen LogP contribution >= 0.6 is 24.0 Å². The zero-order chi connectivity index (χ0) is 16.2. The van der Waals surface area contributed by atoms with E-state index in [1.165, 1.54) is 5.56 Å². The lowest BCUT2D eigenvalue weighted by molar-refractivity contribution is 0.414. The van der Waals surface area contributed by atoms with Gasteiger partial charge in [-0.3, -0.25) is 4.99 Å². The maximum Gasteiger partial charge on any atom is 0.190 e. The summed E-state index contributed by atoms with van der Waals surface area (Å²) in [5, 5.41) is 6.66. The first-order valence-electron chi connectivity index (χ1n) is 7.90. The standard InChI is InChI=1S/C18H29N3O.HI/c1-5-6-7-13-20-18(19-3)21-14-12-15(2)16-8-10-17(22-4)11-9-16;/h5-6,8-11,15H,7,12-14H2,1-4H3,(H2,19,20,21);1H/b6-5+;. The Hall–Kier alpha value is -1.24. The van der Waals surface area contributed by atoms with Crippen molar-refractivity contribution in [1.82, 2.24) is 10.6 Å². The van der Waals surface area contributed by atoms with E-state index < -0.39 is 0 Å².